The number of nitrogens with zero attached hydrogens (tertiary/aromatic N) is 2. The molecule has 0 spiro atoms. The van der Waals surface area contributed by atoms with Gasteiger partial charge in [-0.1, -0.05) is 12.1 Å². The third kappa shape index (κ3) is 3.36. The number of ether oxygens (including phenoxy) is 3. The summed E-state index contributed by atoms with van der Waals surface area (Å²) in [5, 5.41) is 2.93. The third-order valence-electron chi connectivity index (χ3n) is 5.15. The lowest BCUT2D eigenvalue weighted by molar-refractivity contribution is -0.116. The topological polar surface area (TPSA) is 91.7 Å². The maximum Gasteiger partial charge on any atom is 0.337 e. The van der Waals surface area contributed by atoms with Crippen LogP contribution in [0.5, 0.6) is 11.5 Å². The molecule has 0 aliphatic carbocycles. The second kappa shape index (κ2) is 7.90. The Hall–Kier alpha value is -3.81. The zero-order valence-electron chi connectivity index (χ0n) is 16.8. The lowest BCUT2D eigenvalue weighted by Gasteiger charge is -2.24. The Morgan fingerprint density at radius 2 is 1.87 bits per heavy atom. The van der Waals surface area contributed by atoms with E-state index in [1.807, 2.05) is 18.2 Å². The minimum atomic E-state index is -0.405. The second-order valence-corrected chi connectivity index (χ2v) is 6.80. The number of nitrogens with one attached hydrogen (secondary N) is 1. The van der Waals surface area contributed by atoms with Crippen LogP contribution in [0.1, 0.15) is 34.0 Å². The third-order valence-corrected chi connectivity index (χ3v) is 5.15. The zero-order valence-corrected chi connectivity index (χ0v) is 16.8. The van der Waals surface area contributed by atoms with Crippen LogP contribution in [0.15, 0.2) is 48.8 Å². The van der Waals surface area contributed by atoms with Crippen molar-refractivity contribution >= 4 is 17.7 Å². The molecule has 0 saturated heterocycles. The summed E-state index contributed by atoms with van der Waals surface area (Å²) < 4.78 is 17.3. The van der Waals surface area contributed by atoms with Gasteiger partial charge in [-0.2, -0.15) is 0 Å². The fourth-order valence-corrected chi connectivity index (χ4v) is 3.62. The van der Waals surface area contributed by atoms with Gasteiger partial charge in [-0.25, -0.2) is 9.78 Å². The molecule has 3 aromatic rings. The van der Waals surface area contributed by atoms with Crippen molar-refractivity contribution in [2.24, 2.45) is 0 Å². The number of hydrogen-bond donors (Lipinski definition) is 1. The molecule has 1 atom stereocenters. The molecule has 1 aliphatic rings. The van der Waals surface area contributed by atoms with E-state index in [-0.39, 0.29) is 18.2 Å². The van der Waals surface area contributed by atoms with Gasteiger partial charge in [0.05, 0.1) is 38.3 Å². The molecule has 1 unspecified atom stereocenters. The van der Waals surface area contributed by atoms with Crippen LogP contribution >= 0.6 is 0 Å². The van der Waals surface area contributed by atoms with E-state index < -0.39 is 5.97 Å². The first kappa shape index (κ1) is 19.5. The number of rotatable bonds is 5. The van der Waals surface area contributed by atoms with Crippen LogP contribution < -0.4 is 14.8 Å². The van der Waals surface area contributed by atoms with Crippen molar-refractivity contribution in [3.63, 3.8) is 0 Å². The summed E-state index contributed by atoms with van der Waals surface area (Å²) in [6, 6.07) is 12.5. The van der Waals surface area contributed by atoms with Crippen molar-refractivity contribution in [3.05, 3.63) is 65.6 Å². The number of benzene rings is 2. The molecule has 154 valence electrons. The van der Waals surface area contributed by atoms with Gasteiger partial charge in [0.1, 0.15) is 23.6 Å². The number of carbonyl (C=O) groups excluding carboxylic acids is 2. The number of esters is 1. The first-order valence-electron chi connectivity index (χ1n) is 9.33. The fourth-order valence-electron chi connectivity index (χ4n) is 3.62. The van der Waals surface area contributed by atoms with E-state index in [4.69, 9.17) is 14.2 Å². The highest BCUT2D eigenvalue weighted by atomic mass is 16.5. The fraction of sp³-hybridized carbons (Fsp3) is 0.227. The van der Waals surface area contributed by atoms with Crippen molar-refractivity contribution in [1.29, 1.82) is 0 Å². The zero-order chi connectivity index (χ0) is 21.3. The molecule has 2 aromatic carbocycles. The lowest BCUT2D eigenvalue weighted by atomic mass is 9.89. The Labute approximate surface area is 173 Å². The summed E-state index contributed by atoms with van der Waals surface area (Å²) in [6.07, 6.45) is 1.92. The molecular formula is C22H21N3O5. The van der Waals surface area contributed by atoms with Crippen molar-refractivity contribution in [2.45, 2.75) is 12.3 Å². The van der Waals surface area contributed by atoms with Crippen LogP contribution in [0.25, 0.3) is 5.69 Å². The molecule has 0 fully saturated rings. The van der Waals surface area contributed by atoms with Gasteiger partial charge in [0.15, 0.2) is 0 Å². The molecule has 2 heterocycles. The molecular weight excluding hydrogens is 386 g/mol. The predicted octanol–water partition coefficient (Wildman–Crippen LogP) is 3.15. The average molecular weight is 407 g/mol. The summed E-state index contributed by atoms with van der Waals surface area (Å²) in [7, 11) is 4.51. The molecule has 0 saturated carbocycles. The van der Waals surface area contributed by atoms with E-state index >= 15 is 0 Å². The number of amides is 1. The van der Waals surface area contributed by atoms with E-state index in [1.165, 1.54) is 7.11 Å². The molecule has 0 bridgehead atoms. The largest absolute Gasteiger partial charge is 0.497 e. The van der Waals surface area contributed by atoms with Gasteiger partial charge in [0.2, 0.25) is 5.91 Å². The lowest BCUT2D eigenvalue weighted by Crippen LogP contribution is -2.25. The van der Waals surface area contributed by atoms with Crippen molar-refractivity contribution in [3.8, 4) is 17.2 Å². The van der Waals surface area contributed by atoms with Crippen molar-refractivity contribution in [1.82, 2.24) is 9.55 Å². The van der Waals surface area contributed by atoms with Gasteiger partial charge in [0.25, 0.3) is 0 Å². The Kier molecular flexibility index (Phi) is 5.14. The van der Waals surface area contributed by atoms with Gasteiger partial charge in [0, 0.05) is 18.4 Å². The predicted molar refractivity (Wildman–Crippen MR) is 110 cm³/mol. The van der Waals surface area contributed by atoms with Crippen molar-refractivity contribution < 1.29 is 23.8 Å². The summed E-state index contributed by atoms with van der Waals surface area (Å²) in [4.78, 5) is 28.8. The monoisotopic (exact) mass is 407 g/mol. The van der Waals surface area contributed by atoms with E-state index in [2.05, 4.69) is 10.3 Å². The summed E-state index contributed by atoms with van der Waals surface area (Å²) in [6.45, 7) is 0. The molecule has 1 amide bonds. The van der Waals surface area contributed by atoms with Crippen LogP contribution in [0.2, 0.25) is 0 Å². The number of fused-ring (bicyclic) bond motifs is 1. The molecule has 8 heteroatoms. The number of imidazole rings is 1. The smallest absolute Gasteiger partial charge is 0.337 e. The van der Waals surface area contributed by atoms with Gasteiger partial charge < -0.3 is 19.5 Å². The second-order valence-electron chi connectivity index (χ2n) is 6.80. The SMILES string of the molecule is COC(=O)c1ccc(C2CC(=O)Nc3c2ncn3-c2cc(OC)ccc2OC)cc1. The number of carbonyl (C=O) groups is 2. The quantitative estimate of drug-likeness (QED) is 0.654. The average Bonchev–Trinajstić information content (AvgIpc) is 3.21. The molecule has 4 rings (SSSR count). The number of aromatic nitrogens is 2. The van der Waals surface area contributed by atoms with Crippen LogP contribution in [0, 0.1) is 0 Å². The minimum absolute atomic E-state index is 0.117. The van der Waals surface area contributed by atoms with Crippen molar-refractivity contribution in [2.75, 3.05) is 26.6 Å². The maximum absolute atomic E-state index is 12.5. The van der Waals surface area contributed by atoms with E-state index in [1.54, 1.807) is 49.4 Å². The van der Waals surface area contributed by atoms with Gasteiger partial charge >= 0.3 is 5.97 Å². The number of methoxy groups -OCH3 is 3. The Bertz CT molecular complexity index is 1100. The molecule has 1 N–H and O–H groups in total. The van der Waals surface area contributed by atoms with E-state index in [0.717, 1.165) is 11.3 Å². The Balaban J connectivity index is 1.77. The highest BCUT2D eigenvalue weighted by molar-refractivity contribution is 5.94. The van der Waals surface area contributed by atoms with Crippen LogP contribution in [-0.4, -0.2) is 42.8 Å². The van der Waals surface area contributed by atoms with Gasteiger partial charge in [-0.15, -0.1) is 0 Å². The van der Waals surface area contributed by atoms with E-state index in [0.29, 0.717) is 28.6 Å². The molecule has 8 nitrogen and oxygen atoms in total. The maximum atomic E-state index is 12.5. The highest BCUT2D eigenvalue weighted by Gasteiger charge is 2.31. The van der Waals surface area contributed by atoms with Crippen LogP contribution in [-0.2, 0) is 9.53 Å². The first-order valence-corrected chi connectivity index (χ1v) is 9.33. The normalized spacial score (nSPS) is 15.2. The van der Waals surface area contributed by atoms with Crippen LogP contribution in [0.4, 0.5) is 5.82 Å². The molecule has 1 aliphatic heterocycles. The Morgan fingerprint density at radius 3 is 2.53 bits per heavy atom. The number of hydrogen-bond acceptors (Lipinski definition) is 6. The highest BCUT2D eigenvalue weighted by Crippen LogP contribution is 2.39. The number of anilines is 1. The summed E-state index contributed by atoms with van der Waals surface area (Å²) in [5.41, 5.74) is 2.79. The Morgan fingerprint density at radius 1 is 1.10 bits per heavy atom. The summed E-state index contributed by atoms with van der Waals surface area (Å²) >= 11 is 0. The first-order chi connectivity index (χ1) is 14.5. The van der Waals surface area contributed by atoms with Crippen LogP contribution in [0.3, 0.4) is 0 Å². The van der Waals surface area contributed by atoms with Gasteiger partial charge in [-0.3, -0.25) is 9.36 Å². The van der Waals surface area contributed by atoms with Gasteiger partial charge in [-0.05, 0) is 29.8 Å². The van der Waals surface area contributed by atoms with E-state index in [9.17, 15) is 9.59 Å². The molecule has 0 radical (unpaired) electrons. The minimum Gasteiger partial charge on any atom is -0.497 e. The molecule has 1 aromatic heterocycles. The summed E-state index contributed by atoms with van der Waals surface area (Å²) in [5.74, 6) is 1.10. The standard InChI is InChI=1S/C22H21N3O5/c1-28-15-8-9-18(29-2)17(10-15)25-12-23-20-16(11-19(26)24-21(20)25)13-4-6-14(7-5-13)22(27)30-3/h4-10,12,16H,11H2,1-3H3,(H,24,26). The molecule has 30 heavy (non-hydrogen) atoms.